The molecule has 1 N–H and O–H groups in total. The summed E-state index contributed by atoms with van der Waals surface area (Å²) in [5.74, 6) is -1.09. The van der Waals surface area contributed by atoms with Gasteiger partial charge < -0.3 is 5.11 Å². The second-order valence-corrected chi connectivity index (χ2v) is 7.32. The molecule has 1 heterocycles. The van der Waals surface area contributed by atoms with E-state index < -0.39 is 16.0 Å². The highest BCUT2D eigenvalue weighted by atomic mass is 32.2. The first kappa shape index (κ1) is 13.5. The monoisotopic (exact) mass is 289 g/mol. The molecule has 7 heteroatoms. The minimum absolute atomic E-state index is 0.0446. The fourth-order valence-corrected chi connectivity index (χ4v) is 4.71. The topological polar surface area (TPSA) is 74.7 Å². The third-order valence-corrected chi connectivity index (χ3v) is 6.26. The van der Waals surface area contributed by atoms with E-state index in [-0.39, 0.29) is 15.8 Å². The van der Waals surface area contributed by atoms with Crippen LogP contribution in [0.5, 0.6) is 0 Å². The molecule has 0 aliphatic heterocycles. The standard InChI is InChI=1S/C11H15NO4S2/c1-12(8-4-2-3-5-8)18(15,16)9-6-10(11(13)14)17-7-9/h6-8H,2-5H2,1H3,(H,13,14). The molecule has 100 valence electrons. The predicted molar refractivity (Wildman–Crippen MR) is 68.5 cm³/mol. The minimum atomic E-state index is -3.55. The molecular formula is C11H15NO4S2. The van der Waals surface area contributed by atoms with E-state index in [0.29, 0.717) is 0 Å². The number of carboxylic acids is 1. The van der Waals surface area contributed by atoms with Gasteiger partial charge >= 0.3 is 5.97 Å². The van der Waals surface area contributed by atoms with Gasteiger partial charge in [-0.2, -0.15) is 4.31 Å². The van der Waals surface area contributed by atoms with Crippen molar-refractivity contribution in [2.75, 3.05) is 7.05 Å². The van der Waals surface area contributed by atoms with Crippen LogP contribution in [0.25, 0.3) is 0 Å². The van der Waals surface area contributed by atoms with Gasteiger partial charge in [-0.05, 0) is 18.9 Å². The molecule has 18 heavy (non-hydrogen) atoms. The molecule has 1 aliphatic carbocycles. The Bertz CT molecular complexity index is 543. The average molecular weight is 289 g/mol. The molecule has 0 atom stereocenters. The first-order valence-electron chi connectivity index (χ1n) is 5.73. The van der Waals surface area contributed by atoms with Gasteiger partial charge in [0.2, 0.25) is 10.0 Å². The van der Waals surface area contributed by atoms with Gasteiger partial charge in [-0.3, -0.25) is 0 Å². The second kappa shape index (κ2) is 4.99. The number of carboxylic acid groups (broad SMARTS) is 1. The lowest BCUT2D eigenvalue weighted by Gasteiger charge is -2.22. The summed E-state index contributed by atoms with van der Waals surface area (Å²) in [4.78, 5) is 10.9. The summed E-state index contributed by atoms with van der Waals surface area (Å²) < 4.78 is 26.0. The summed E-state index contributed by atoms with van der Waals surface area (Å²) in [5.41, 5.74) is 0. The van der Waals surface area contributed by atoms with Crippen LogP contribution in [0.4, 0.5) is 0 Å². The van der Waals surface area contributed by atoms with Gasteiger partial charge in [-0.1, -0.05) is 12.8 Å². The third kappa shape index (κ3) is 2.43. The van der Waals surface area contributed by atoms with Crippen LogP contribution in [0.1, 0.15) is 35.4 Å². The van der Waals surface area contributed by atoms with Crippen LogP contribution >= 0.6 is 11.3 Å². The van der Waals surface area contributed by atoms with Crippen molar-refractivity contribution >= 4 is 27.3 Å². The summed E-state index contributed by atoms with van der Waals surface area (Å²) in [6.07, 6.45) is 3.86. The predicted octanol–water partition coefficient (Wildman–Crippen LogP) is 2.01. The van der Waals surface area contributed by atoms with Gasteiger partial charge in [0, 0.05) is 18.5 Å². The molecule has 0 radical (unpaired) electrons. The highest BCUT2D eigenvalue weighted by molar-refractivity contribution is 7.89. The Morgan fingerprint density at radius 3 is 2.56 bits per heavy atom. The van der Waals surface area contributed by atoms with Crippen LogP contribution in [0.15, 0.2) is 16.3 Å². The molecule has 0 bridgehead atoms. The van der Waals surface area contributed by atoms with Crippen molar-refractivity contribution < 1.29 is 18.3 Å². The number of nitrogens with zero attached hydrogens (tertiary/aromatic N) is 1. The van der Waals surface area contributed by atoms with E-state index >= 15 is 0 Å². The molecule has 0 unspecified atom stereocenters. The van der Waals surface area contributed by atoms with Crippen molar-refractivity contribution in [3.8, 4) is 0 Å². The van der Waals surface area contributed by atoms with Gasteiger partial charge in [0.25, 0.3) is 0 Å². The van der Waals surface area contributed by atoms with Crippen LogP contribution in [0.3, 0.4) is 0 Å². The van der Waals surface area contributed by atoms with Crippen LogP contribution in [-0.2, 0) is 10.0 Å². The molecule has 2 rings (SSSR count). The second-order valence-electron chi connectivity index (χ2n) is 4.41. The highest BCUT2D eigenvalue weighted by Gasteiger charge is 2.31. The zero-order valence-electron chi connectivity index (χ0n) is 10.00. The number of hydrogen-bond acceptors (Lipinski definition) is 4. The highest BCUT2D eigenvalue weighted by Crippen LogP contribution is 2.29. The van der Waals surface area contributed by atoms with Crippen molar-refractivity contribution in [3.63, 3.8) is 0 Å². The maximum Gasteiger partial charge on any atom is 0.345 e. The van der Waals surface area contributed by atoms with E-state index in [4.69, 9.17) is 5.11 Å². The smallest absolute Gasteiger partial charge is 0.345 e. The van der Waals surface area contributed by atoms with Crippen molar-refractivity contribution in [3.05, 3.63) is 16.3 Å². The molecule has 1 fully saturated rings. The molecule has 0 saturated heterocycles. The molecule has 0 amide bonds. The normalized spacial score (nSPS) is 17.4. The van der Waals surface area contributed by atoms with Crippen molar-refractivity contribution in [2.45, 2.75) is 36.6 Å². The van der Waals surface area contributed by atoms with E-state index in [9.17, 15) is 13.2 Å². The number of thiophene rings is 1. The first-order chi connectivity index (χ1) is 8.43. The lowest BCUT2D eigenvalue weighted by Crippen LogP contribution is -2.34. The first-order valence-corrected chi connectivity index (χ1v) is 8.05. The van der Waals surface area contributed by atoms with Crippen LogP contribution < -0.4 is 0 Å². The SMILES string of the molecule is CN(C1CCCC1)S(=O)(=O)c1csc(C(=O)O)c1. The zero-order valence-corrected chi connectivity index (χ0v) is 11.6. The summed E-state index contributed by atoms with van der Waals surface area (Å²) >= 11 is 0.939. The molecule has 1 saturated carbocycles. The molecule has 1 aliphatic rings. The third-order valence-electron chi connectivity index (χ3n) is 3.30. The van der Waals surface area contributed by atoms with Crippen molar-refractivity contribution in [1.29, 1.82) is 0 Å². The fraction of sp³-hybridized carbons (Fsp3) is 0.545. The largest absolute Gasteiger partial charge is 0.477 e. The Morgan fingerprint density at radius 1 is 1.44 bits per heavy atom. The number of carbonyl (C=O) groups is 1. The molecule has 0 spiro atoms. The Hall–Kier alpha value is -0.920. The Morgan fingerprint density at radius 2 is 2.06 bits per heavy atom. The van der Waals surface area contributed by atoms with Crippen LogP contribution in [0.2, 0.25) is 0 Å². The van der Waals surface area contributed by atoms with Gasteiger partial charge in [-0.25, -0.2) is 13.2 Å². The lowest BCUT2D eigenvalue weighted by atomic mass is 10.3. The van der Waals surface area contributed by atoms with Gasteiger partial charge in [-0.15, -0.1) is 11.3 Å². The van der Waals surface area contributed by atoms with E-state index in [1.54, 1.807) is 7.05 Å². The quantitative estimate of drug-likeness (QED) is 0.920. The summed E-state index contributed by atoms with van der Waals surface area (Å²) in [6.45, 7) is 0. The van der Waals surface area contributed by atoms with Gasteiger partial charge in [0.1, 0.15) is 4.88 Å². The van der Waals surface area contributed by atoms with Crippen LogP contribution in [-0.4, -0.2) is 36.9 Å². The Balaban J connectivity index is 2.26. The molecule has 0 aromatic carbocycles. The number of rotatable bonds is 4. The van der Waals surface area contributed by atoms with E-state index in [0.717, 1.165) is 37.0 Å². The zero-order chi connectivity index (χ0) is 13.3. The maximum atomic E-state index is 12.3. The number of aromatic carboxylic acids is 1. The molecule has 5 nitrogen and oxygen atoms in total. The molecular weight excluding hydrogens is 274 g/mol. The lowest BCUT2D eigenvalue weighted by molar-refractivity contribution is 0.0702. The summed E-state index contributed by atoms with van der Waals surface area (Å²) in [5, 5.41) is 10.2. The fourth-order valence-electron chi connectivity index (χ4n) is 2.20. The van der Waals surface area contributed by atoms with Gasteiger partial charge in [0.05, 0.1) is 4.90 Å². The van der Waals surface area contributed by atoms with E-state index in [1.165, 1.54) is 15.8 Å². The van der Waals surface area contributed by atoms with E-state index in [1.807, 2.05) is 0 Å². The van der Waals surface area contributed by atoms with Crippen LogP contribution in [0, 0.1) is 0 Å². The summed E-state index contributed by atoms with van der Waals surface area (Å²) in [6, 6.07) is 1.27. The average Bonchev–Trinajstić information content (AvgIpc) is 2.99. The minimum Gasteiger partial charge on any atom is -0.477 e. The number of hydrogen-bond donors (Lipinski definition) is 1. The Labute approximate surface area is 110 Å². The van der Waals surface area contributed by atoms with E-state index in [2.05, 4.69) is 0 Å². The van der Waals surface area contributed by atoms with Crippen molar-refractivity contribution in [1.82, 2.24) is 4.31 Å². The maximum absolute atomic E-state index is 12.3. The van der Waals surface area contributed by atoms with Gasteiger partial charge in [0.15, 0.2) is 0 Å². The van der Waals surface area contributed by atoms with Crippen molar-refractivity contribution in [2.24, 2.45) is 0 Å². The molecule has 1 aromatic heterocycles. The number of sulfonamides is 1. The Kier molecular flexibility index (Phi) is 3.74. The molecule has 1 aromatic rings. The summed E-state index contributed by atoms with van der Waals surface area (Å²) in [7, 11) is -1.98.